The summed E-state index contributed by atoms with van der Waals surface area (Å²) in [5.41, 5.74) is 3.05. The molecule has 0 radical (unpaired) electrons. The maximum absolute atomic E-state index is 14.3. The minimum atomic E-state index is -0.196. The summed E-state index contributed by atoms with van der Waals surface area (Å²) in [7, 11) is 0. The monoisotopic (exact) mass is 335 g/mol. The molecule has 3 heteroatoms. The molecule has 2 aromatic carbocycles. The molecule has 0 saturated carbocycles. The van der Waals surface area contributed by atoms with Crippen LogP contribution in [0.15, 0.2) is 46.9 Å². The topological polar surface area (TPSA) is 12.0 Å². The lowest BCUT2D eigenvalue weighted by atomic mass is 9.97. The summed E-state index contributed by atoms with van der Waals surface area (Å²) in [6.07, 6.45) is 1.01. The van der Waals surface area contributed by atoms with Crippen molar-refractivity contribution in [2.75, 3.05) is 6.54 Å². The quantitative estimate of drug-likeness (QED) is 0.823. The van der Waals surface area contributed by atoms with Gasteiger partial charge in [-0.25, -0.2) is 4.39 Å². The second kappa shape index (κ2) is 7.00. The first-order valence-electron chi connectivity index (χ1n) is 6.93. The fourth-order valence-electron chi connectivity index (χ4n) is 2.30. The molecule has 0 bridgehead atoms. The normalized spacial score (nSPS) is 12.4. The van der Waals surface area contributed by atoms with E-state index in [-0.39, 0.29) is 11.9 Å². The highest BCUT2D eigenvalue weighted by Crippen LogP contribution is 2.28. The minimum absolute atomic E-state index is 0.122. The molecule has 0 heterocycles. The van der Waals surface area contributed by atoms with Crippen LogP contribution in [0.1, 0.15) is 36.6 Å². The van der Waals surface area contributed by atoms with Crippen LogP contribution in [0.2, 0.25) is 0 Å². The standard InChI is InChI=1S/C17H19BrFN/c1-3-12-8-10-13(11-9-12)17(20-4-2)14-6-5-7-15(18)16(14)19/h5-11,17,20H,3-4H2,1-2H3. The lowest BCUT2D eigenvalue weighted by Gasteiger charge is -2.20. The number of aryl methyl sites for hydroxylation is 1. The first-order valence-corrected chi connectivity index (χ1v) is 7.72. The van der Waals surface area contributed by atoms with Crippen LogP contribution in [0, 0.1) is 5.82 Å². The van der Waals surface area contributed by atoms with E-state index in [1.807, 2.05) is 19.1 Å². The summed E-state index contributed by atoms with van der Waals surface area (Å²) >= 11 is 3.26. The molecular weight excluding hydrogens is 317 g/mol. The van der Waals surface area contributed by atoms with Crippen molar-refractivity contribution in [1.29, 1.82) is 0 Å². The zero-order valence-corrected chi connectivity index (χ0v) is 13.4. The van der Waals surface area contributed by atoms with E-state index >= 15 is 0 Å². The molecule has 106 valence electrons. The first-order chi connectivity index (χ1) is 9.67. The van der Waals surface area contributed by atoms with Crippen molar-refractivity contribution < 1.29 is 4.39 Å². The molecular formula is C17H19BrFN. The van der Waals surface area contributed by atoms with Gasteiger partial charge in [-0.1, -0.05) is 50.2 Å². The van der Waals surface area contributed by atoms with Crippen LogP contribution < -0.4 is 5.32 Å². The molecule has 1 N–H and O–H groups in total. The Bertz CT molecular complexity index is 566. The van der Waals surface area contributed by atoms with Gasteiger partial charge in [0.15, 0.2) is 0 Å². The Kier molecular flexibility index (Phi) is 5.32. The number of hydrogen-bond donors (Lipinski definition) is 1. The van der Waals surface area contributed by atoms with E-state index in [4.69, 9.17) is 0 Å². The molecule has 2 aromatic rings. The van der Waals surface area contributed by atoms with Crippen molar-refractivity contribution in [2.24, 2.45) is 0 Å². The third-order valence-corrected chi connectivity index (χ3v) is 4.03. The average molecular weight is 336 g/mol. The number of nitrogens with one attached hydrogen (secondary N) is 1. The predicted molar refractivity (Wildman–Crippen MR) is 85.4 cm³/mol. The first kappa shape index (κ1) is 15.2. The molecule has 0 amide bonds. The van der Waals surface area contributed by atoms with Crippen LogP contribution in [-0.4, -0.2) is 6.54 Å². The summed E-state index contributed by atoms with van der Waals surface area (Å²) in [6.45, 7) is 4.94. The van der Waals surface area contributed by atoms with Gasteiger partial charge in [-0.2, -0.15) is 0 Å². The van der Waals surface area contributed by atoms with E-state index < -0.39 is 0 Å². The van der Waals surface area contributed by atoms with Gasteiger partial charge in [0.05, 0.1) is 10.5 Å². The number of hydrogen-bond acceptors (Lipinski definition) is 1. The highest BCUT2D eigenvalue weighted by Gasteiger charge is 2.18. The van der Waals surface area contributed by atoms with Crippen molar-refractivity contribution in [3.05, 3.63) is 69.4 Å². The Labute approximate surface area is 128 Å². The van der Waals surface area contributed by atoms with Crippen LogP contribution in [0.3, 0.4) is 0 Å². The van der Waals surface area contributed by atoms with Crippen LogP contribution in [0.25, 0.3) is 0 Å². The summed E-state index contributed by atoms with van der Waals surface area (Å²) in [6, 6.07) is 13.7. The van der Waals surface area contributed by atoms with Crippen molar-refractivity contribution in [2.45, 2.75) is 26.3 Å². The zero-order chi connectivity index (χ0) is 14.5. The summed E-state index contributed by atoms with van der Waals surface area (Å²) in [5, 5.41) is 3.36. The highest BCUT2D eigenvalue weighted by molar-refractivity contribution is 9.10. The second-order valence-corrected chi connectivity index (χ2v) is 5.58. The average Bonchev–Trinajstić information content (AvgIpc) is 2.48. The van der Waals surface area contributed by atoms with Gasteiger partial charge in [-0.3, -0.25) is 0 Å². The second-order valence-electron chi connectivity index (χ2n) is 4.73. The Hall–Kier alpha value is -1.19. The van der Waals surface area contributed by atoms with Crippen molar-refractivity contribution in [3.8, 4) is 0 Å². The fraction of sp³-hybridized carbons (Fsp3) is 0.294. The van der Waals surface area contributed by atoms with Gasteiger partial charge < -0.3 is 5.32 Å². The molecule has 0 aliphatic carbocycles. The lowest BCUT2D eigenvalue weighted by Crippen LogP contribution is -2.23. The maximum Gasteiger partial charge on any atom is 0.142 e. The highest BCUT2D eigenvalue weighted by atomic mass is 79.9. The van der Waals surface area contributed by atoms with Crippen LogP contribution in [-0.2, 0) is 6.42 Å². The van der Waals surface area contributed by atoms with E-state index in [2.05, 4.69) is 52.4 Å². The Morgan fingerprint density at radius 2 is 1.80 bits per heavy atom. The van der Waals surface area contributed by atoms with E-state index in [0.29, 0.717) is 10.0 Å². The van der Waals surface area contributed by atoms with Crippen LogP contribution in [0.4, 0.5) is 4.39 Å². The summed E-state index contributed by atoms with van der Waals surface area (Å²) in [4.78, 5) is 0. The summed E-state index contributed by atoms with van der Waals surface area (Å²) < 4.78 is 14.8. The van der Waals surface area contributed by atoms with Gasteiger partial charge >= 0.3 is 0 Å². The number of benzene rings is 2. The molecule has 0 aromatic heterocycles. The third kappa shape index (κ3) is 3.28. The van der Waals surface area contributed by atoms with Gasteiger partial charge in [-0.15, -0.1) is 0 Å². The van der Waals surface area contributed by atoms with Crippen molar-refractivity contribution in [1.82, 2.24) is 5.32 Å². The number of halogens is 2. The molecule has 0 aliphatic heterocycles. The molecule has 20 heavy (non-hydrogen) atoms. The molecule has 1 unspecified atom stereocenters. The maximum atomic E-state index is 14.3. The van der Waals surface area contributed by atoms with E-state index in [9.17, 15) is 4.39 Å². The molecule has 1 atom stereocenters. The molecule has 0 aliphatic rings. The molecule has 0 fully saturated rings. The van der Waals surface area contributed by atoms with Crippen molar-refractivity contribution in [3.63, 3.8) is 0 Å². The molecule has 1 nitrogen and oxygen atoms in total. The van der Waals surface area contributed by atoms with Gasteiger partial charge in [0.2, 0.25) is 0 Å². The zero-order valence-electron chi connectivity index (χ0n) is 11.8. The largest absolute Gasteiger partial charge is 0.306 e. The molecule has 0 spiro atoms. The van der Waals surface area contributed by atoms with Crippen LogP contribution >= 0.6 is 15.9 Å². The smallest absolute Gasteiger partial charge is 0.142 e. The predicted octanol–water partition coefficient (Wildman–Crippen LogP) is 4.85. The van der Waals surface area contributed by atoms with Crippen LogP contribution in [0.5, 0.6) is 0 Å². The van der Waals surface area contributed by atoms with Gasteiger partial charge in [-0.05, 0) is 46.1 Å². The Morgan fingerprint density at radius 1 is 1.10 bits per heavy atom. The van der Waals surface area contributed by atoms with E-state index in [1.54, 1.807) is 6.07 Å². The van der Waals surface area contributed by atoms with Gasteiger partial charge in [0.25, 0.3) is 0 Å². The minimum Gasteiger partial charge on any atom is -0.306 e. The van der Waals surface area contributed by atoms with Gasteiger partial charge in [0.1, 0.15) is 5.82 Å². The lowest BCUT2D eigenvalue weighted by molar-refractivity contribution is 0.555. The number of rotatable bonds is 5. The van der Waals surface area contributed by atoms with E-state index in [1.165, 1.54) is 5.56 Å². The molecule has 0 saturated heterocycles. The summed E-state index contributed by atoms with van der Waals surface area (Å²) in [5.74, 6) is -0.196. The van der Waals surface area contributed by atoms with E-state index in [0.717, 1.165) is 18.5 Å². The van der Waals surface area contributed by atoms with Gasteiger partial charge in [0, 0.05) is 5.56 Å². The Morgan fingerprint density at radius 3 is 2.40 bits per heavy atom. The fourth-order valence-corrected chi connectivity index (χ4v) is 2.68. The third-order valence-electron chi connectivity index (χ3n) is 3.42. The SMILES string of the molecule is CCNC(c1ccc(CC)cc1)c1cccc(Br)c1F. The molecule has 2 rings (SSSR count). The Balaban J connectivity index is 2.41. The van der Waals surface area contributed by atoms with Crippen molar-refractivity contribution >= 4 is 15.9 Å².